The van der Waals surface area contributed by atoms with Crippen molar-refractivity contribution in [3.05, 3.63) is 47.6 Å². The van der Waals surface area contributed by atoms with E-state index in [0.29, 0.717) is 0 Å². The number of nitrogens with one attached hydrogen (secondary N) is 1. The Bertz CT molecular complexity index is 1390. The zero-order valence-electron chi connectivity index (χ0n) is 26.6. The Labute approximate surface area is 168 Å². The molecule has 2 heterocycles. The van der Waals surface area contributed by atoms with E-state index in [9.17, 15) is 4.21 Å². The predicted octanol–water partition coefficient (Wildman–Crippen LogP) is 2.99. The number of aromatic nitrogens is 3. The molecule has 0 radical (unpaired) electrons. The van der Waals surface area contributed by atoms with Crippen molar-refractivity contribution in [2.75, 3.05) is 20.3 Å². The van der Waals surface area contributed by atoms with Crippen molar-refractivity contribution in [3.63, 3.8) is 0 Å². The lowest BCUT2D eigenvalue weighted by Gasteiger charge is -2.11. The fourth-order valence-corrected chi connectivity index (χ4v) is 2.58. The Balaban J connectivity index is 2.10. The number of pyridine rings is 1. The molecule has 6 nitrogen and oxygen atoms in total. The van der Waals surface area contributed by atoms with Crippen LogP contribution in [-0.4, -0.2) is 39.4 Å². The van der Waals surface area contributed by atoms with Gasteiger partial charge in [0.15, 0.2) is 5.16 Å². The monoisotopic (exact) mass is 373 g/mol. The Morgan fingerprint density at radius 1 is 1.36 bits per heavy atom. The van der Waals surface area contributed by atoms with Gasteiger partial charge >= 0.3 is 0 Å². The van der Waals surface area contributed by atoms with Gasteiger partial charge in [0.2, 0.25) is 0 Å². The minimum atomic E-state index is -3.18. The van der Waals surface area contributed by atoms with E-state index < -0.39 is 88.9 Å². The van der Waals surface area contributed by atoms with Crippen LogP contribution in [0.4, 0.5) is 0 Å². The highest BCUT2D eigenvalue weighted by molar-refractivity contribution is 7.84. The Morgan fingerprint density at radius 2 is 2.28 bits per heavy atom. The number of hydrogen-bond acceptors (Lipinski definition) is 5. The van der Waals surface area contributed by atoms with Crippen molar-refractivity contribution in [1.82, 2.24) is 15.0 Å². The van der Waals surface area contributed by atoms with Gasteiger partial charge in [0.1, 0.15) is 5.75 Å². The average molecular weight is 374 g/mol. The van der Waals surface area contributed by atoms with Crippen molar-refractivity contribution < 1.29 is 32.9 Å². The highest BCUT2D eigenvalue weighted by Gasteiger charge is 2.14. The first-order chi connectivity index (χ1) is 17.8. The molecule has 3 rings (SSSR count). The van der Waals surface area contributed by atoms with Crippen LogP contribution in [0.25, 0.3) is 11.0 Å². The largest absolute Gasteiger partial charge is 0.493 e. The number of para-hydroxylation sites is 2. The third-order valence-corrected chi connectivity index (χ3v) is 3.84. The van der Waals surface area contributed by atoms with E-state index in [-0.39, 0.29) is 30.7 Å². The van der Waals surface area contributed by atoms with Gasteiger partial charge in [-0.15, -0.1) is 0 Å². The fraction of sp³-hybridized carbons (Fsp3) is 0.333. The van der Waals surface area contributed by atoms with Gasteiger partial charge in [0.25, 0.3) is 0 Å². The van der Waals surface area contributed by atoms with Crippen LogP contribution in [0.5, 0.6) is 5.75 Å². The van der Waals surface area contributed by atoms with E-state index in [1.54, 1.807) is 0 Å². The summed E-state index contributed by atoms with van der Waals surface area (Å²) in [7, 11) is -5.59. The summed E-state index contributed by atoms with van der Waals surface area (Å²) >= 11 is 0. The van der Waals surface area contributed by atoms with Gasteiger partial charge in [-0.25, -0.2) is 4.98 Å². The molecular weight excluding hydrogens is 338 g/mol. The lowest BCUT2D eigenvalue weighted by molar-refractivity contribution is 0.172. The molecule has 0 aliphatic heterocycles. The van der Waals surface area contributed by atoms with E-state index in [4.69, 9.17) is 23.9 Å². The zero-order chi connectivity index (χ0) is 29.7. The number of fused-ring (bicyclic) bond motifs is 1. The number of aromatic amines is 1. The SMILES string of the molecule is [2H]c1nc(C([2H])([2H])S(=O)c2nc3c([2H])c([2H])c([2H])c([2H])c3[nH]2)c(C([2H])([2H])[2H])c(OCCCOC([2H])([2H])[2H])c1[2H]. The molecule has 132 valence electrons. The number of methoxy groups -OCH3 is 1. The van der Waals surface area contributed by atoms with Crippen LogP contribution < -0.4 is 4.74 Å². The van der Waals surface area contributed by atoms with Crippen LogP contribution in [0.15, 0.2) is 41.5 Å². The van der Waals surface area contributed by atoms with Gasteiger partial charge in [-0.3, -0.25) is 9.19 Å². The summed E-state index contributed by atoms with van der Waals surface area (Å²) in [6, 6.07) is -3.15. The first-order valence-corrected chi connectivity index (χ1v) is 8.10. The van der Waals surface area contributed by atoms with Crippen LogP contribution in [0.2, 0.25) is 0 Å². The molecule has 2 aromatic heterocycles. The molecule has 0 saturated heterocycles. The normalized spacial score (nSPS) is 22.1. The summed E-state index contributed by atoms with van der Waals surface area (Å²) in [5.74, 6) is -0.732. The smallest absolute Gasteiger partial charge is 0.197 e. The van der Waals surface area contributed by atoms with Crippen LogP contribution in [0, 0.1) is 6.85 Å². The summed E-state index contributed by atoms with van der Waals surface area (Å²) in [6.07, 6.45) is -0.959. The molecule has 3 aromatic rings. The van der Waals surface area contributed by atoms with Crippen molar-refractivity contribution in [1.29, 1.82) is 0 Å². The van der Waals surface area contributed by atoms with Gasteiger partial charge in [-0.05, 0) is 25.0 Å². The third kappa shape index (κ3) is 4.24. The third-order valence-electron chi connectivity index (χ3n) is 2.92. The van der Waals surface area contributed by atoms with E-state index in [0.717, 1.165) is 0 Å². The highest BCUT2D eigenvalue weighted by atomic mass is 32.2. The van der Waals surface area contributed by atoms with E-state index in [1.807, 2.05) is 0 Å². The first-order valence-electron chi connectivity index (χ1n) is 14.0. The van der Waals surface area contributed by atoms with Gasteiger partial charge in [0, 0.05) is 38.7 Å². The minimum absolute atomic E-state index is 0.0675. The van der Waals surface area contributed by atoms with Crippen molar-refractivity contribution in [2.45, 2.75) is 24.1 Å². The Kier molecular flexibility index (Phi) is 2.36. The molecule has 0 bridgehead atoms. The van der Waals surface area contributed by atoms with Gasteiger partial charge in [0.05, 0.1) is 52.2 Å². The molecule has 1 atom stereocenters. The summed E-state index contributed by atoms with van der Waals surface area (Å²) in [5, 5.41) is -0.647. The number of benzene rings is 1. The van der Waals surface area contributed by atoms with E-state index >= 15 is 0 Å². The number of ether oxygens (including phenoxy) is 2. The number of nitrogens with zero attached hydrogens (tertiary/aromatic N) is 2. The van der Waals surface area contributed by atoms with Gasteiger partial charge < -0.3 is 14.5 Å². The van der Waals surface area contributed by atoms with Crippen LogP contribution in [-0.2, 0) is 21.2 Å². The Morgan fingerprint density at radius 3 is 3.16 bits per heavy atom. The molecule has 0 amide bonds. The number of rotatable bonds is 8. The van der Waals surface area contributed by atoms with Crippen molar-refractivity contribution >= 4 is 21.8 Å². The second-order valence-corrected chi connectivity index (χ2v) is 5.72. The lowest BCUT2D eigenvalue weighted by Crippen LogP contribution is -2.06. The molecule has 0 saturated carbocycles. The fourth-order valence-electron chi connectivity index (χ4n) is 1.79. The molecule has 1 unspecified atom stereocenters. The maximum atomic E-state index is 13.4. The molecule has 0 aliphatic carbocycles. The average Bonchev–Trinajstić information content (AvgIpc) is 3.27. The quantitative estimate of drug-likeness (QED) is 0.614. The van der Waals surface area contributed by atoms with Gasteiger partial charge in [-0.1, -0.05) is 12.1 Å². The second kappa shape index (κ2) is 8.22. The van der Waals surface area contributed by atoms with Crippen LogP contribution in [0.3, 0.4) is 0 Å². The number of imidazole rings is 1. The topological polar surface area (TPSA) is 77.1 Å². The summed E-state index contributed by atoms with van der Waals surface area (Å²) < 4.78 is 133. The summed E-state index contributed by atoms with van der Waals surface area (Å²) in [4.78, 5) is 9.87. The number of H-pyrrole nitrogens is 1. The maximum absolute atomic E-state index is 13.4. The summed E-state index contributed by atoms with van der Waals surface area (Å²) in [6.45, 7) is -3.86. The van der Waals surface area contributed by atoms with Crippen LogP contribution >= 0.6 is 0 Å². The summed E-state index contributed by atoms with van der Waals surface area (Å²) in [5.41, 5.74) is -5.69. The minimum Gasteiger partial charge on any atom is -0.493 e. The molecule has 0 spiro atoms. The second-order valence-electron chi connectivity index (χ2n) is 4.59. The zero-order valence-corrected chi connectivity index (χ0v) is 13.5. The molecule has 1 aromatic carbocycles. The standard InChI is InChI=1S/C18H21N3O3S/c1-13-16(19-9-8-17(13)24-11-5-10-23-2)12-25(22)18-20-14-6-3-4-7-15(14)21-18/h3-4,6-9H,5,10-12H2,1-2H3,(H,20,21)/i1D3,2D3,3D,4D,6D,7D,8D,9D,12D2. The first kappa shape index (κ1) is 7.17. The highest BCUT2D eigenvalue weighted by Crippen LogP contribution is 2.22. The molecule has 25 heavy (non-hydrogen) atoms. The lowest BCUT2D eigenvalue weighted by atomic mass is 10.2. The van der Waals surface area contributed by atoms with E-state index in [2.05, 4.69) is 19.7 Å². The molecule has 0 aliphatic rings. The Hall–Kier alpha value is -2.25. The van der Waals surface area contributed by atoms with E-state index in [1.165, 1.54) is 0 Å². The van der Waals surface area contributed by atoms with Crippen LogP contribution in [0.1, 0.15) is 36.9 Å². The predicted molar refractivity (Wildman–Crippen MR) is 97.2 cm³/mol. The molecular formula is C18H21N3O3S. The molecule has 0 fully saturated rings. The maximum Gasteiger partial charge on any atom is 0.197 e. The molecule has 7 heteroatoms. The van der Waals surface area contributed by atoms with Crippen molar-refractivity contribution in [3.8, 4) is 5.75 Å². The molecule has 1 N–H and O–H groups in total. The van der Waals surface area contributed by atoms with Gasteiger partial charge in [-0.2, -0.15) is 0 Å². The number of hydrogen-bond donors (Lipinski definition) is 1. The van der Waals surface area contributed by atoms with Crippen molar-refractivity contribution in [2.24, 2.45) is 0 Å².